The van der Waals surface area contributed by atoms with Crippen molar-refractivity contribution in [1.82, 2.24) is 20.0 Å². The fraction of sp³-hybridized carbons (Fsp3) is 0.412. The minimum atomic E-state index is -0.287. The first kappa shape index (κ1) is 16.9. The summed E-state index contributed by atoms with van der Waals surface area (Å²) in [6.45, 7) is 5.02. The molecule has 2 heterocycles. The maximum Gasteiger partial charge on any atom is 0.274 e. The smallest absolute Gasteiger partial charge is 0.274 e. The number of aromatic amines is 1. The summed E-state index contributed by atoms with van der Waals surface area (Å²) in [4.78, 5) is 16.3. The number of carbonyl (C=O) groups excluding carboxylic acids is 1. The lowest BCUT2D eigenvalue weighted by atomic mass is 10.1. The van der Waals surface area contributed by atoms with Crippen molar-refractivity contribution < 1.29 is 9.18 Å². The number of aryl methyl sites for hydroxylation is 1. The van der Waals surface area contributed by atoms with Crippen LogP contribution in [0, 0.1) is 5.82 Å². The third-order valence-corrected chi connectivity index (χ3v) is 4.69. The zero-order valence-corrected chi connectivity index (χ0v) is 14.3. The predicted octanol–water partition coefficient (Wildman–Crippen LogP) is 2.72. The van der Waals surface area contributed by atoms with Gasteiger partial charge in [0.1, 0.15) is 11.5 Å². The molecule has 0 unspecified atom stereocenters. The molecule has 1 saturated heterocycles. The zero-order valence-electron chi connectivity index (χ0n) is 13.6. The number of H-pyrrole nitrogens is 1. The van der Waals surface area contributed by atoms with E-state index in [4.69, 9.17) is 11.6 Å². The van der Waals surface area contributed by atoms with Gasteiger partial charge in [-0.3, -0.25) is 14.8 Å². The van der Waals surface area contributed by atoms with E-state index in [0.29, 0.717) is 49.0 Å². The van der Waals surface area contributed by atoms with Crippen LogP contribution in [0.2, 0.25) is 5.02 Å². The molecular weight excluding hydrogens is 331 g/mol. The van der Waals surface area contributed by atoms with Gasteiger partial charge in [-0.1, -0.05) is 24.6 Å². The van der Waals surface area contributed by atoms with Gasteiger partial charge in [0.25, 0.3) is 5.91 Å². The van der Waals surface area contributed by atoms with Crippen molar-refractivity contribution in [3.8, 4) is 0 Å². The van der Waals surface area contributed by atoms with Crippen LogP contribution in [-0.2, 0) is 13.0 Å². The third kappa shape index (κ3) is 3.60. The van der Waals surface area contributed by atoms with Crippen LogP contribution < -0.4 is 0 Å². The number of piperazine rings is 1. The maximum atomic E-state index is 13.9. The van der Waals surface area contributed by atoms with E-state index in [1.54, 1.807) is 23.1 Å². The predicted molar refractivity (Wildman–Crippen MR) is 90.6 cm³/mol. The number of nitrogens with zero attached hydrogens (tertiary/aromatic N) is 3. The van der Waals surface area contributed by atoms with Gasteiger partial charge in [-0.2, -0.15) is 5.10 Å². The van der Waals surface area contributed by atoms with Crippen LogP contribution in [0.4, 0.5) is 4.39 Å². The van der Waals surface area contributed by atoms with Crippen LogP contribution in [0.15, 0.2) is 24.3 Å². The summed E-state index contributed by atoms with van der Waals surface area (Å²) in [5.41, 5.74) is 1.92. The van der Waals surface area contributed by atoms with Gasteiger partial charge in [0.2, 0.25) is 0 Å². The Morgan fingerprint density at radius 1 is 1.33 bits per heavy atom. The number of rotatable bonds is 4. The van der Waals surface area contributed by atoms with E-state index >= 15 is 0 Å². The number of carbonyl (C=O) groups is 1. The average molecular weight is 351 g/mol. The molecule has 1 N–H and O–H groups in total. The molecule has 1 fully saturated rings. The van der Waals surface area contributed by atoms with Gasteiger partial charge in [-0.15, -0.1) is 0 Å². The molecule has 128 valence electrons. The van der Waals surface area contributed by atoms with Gasteiger partial charge in [-0.25, -0.2) is 4.39 Å². The molecule has 1 aromatic heterocycles. The first-order valence-electron chi connectivity index (χ1n) is 8.07. The Bertz CT molecular complexity index is 705. The summed E-state index contributed by atoms with van der Waals surface area (Å²) in [5.74, 6) is -0.348. The van der Waals surface area contributed by atoms with Crippen LogP contribution >= 0.6 is 11.6 Å². The first-order chi connectivity index (χ1) is 11.6. The molecular formula is C17H20ClFN4O. The minimum absolute atomic E-state index is 0.0606. The number of aromatic nitrogens is 2. The van der Waals surface area contributed by atoms with Gasteiger partial charge < -0.3 is 4.90 Å². The van der Waals surface area contributed by atoms with Gasteiger partial charge in [0.15, 0.2) is 0 Å². The summed E-state index contributed by atoms with van der Waals surface area (Å²) in [6.07, 6.45) is 0.817. The van der Waals surface area contributed by atoms with E-state index in [9.17, 15) is 9.18 Å². The Kier molecular flexibility index (Phi) is 5.16. The lowest BCUT2D eigenvalue weighted by Crippen LogP contribution is -2.48. The molecule has 7 heteroatoms. The standard InChI is InChI=1S/C17H20ClFN4O/c1-2-12-10-16(21-20-12)17(24)23-8-6-22(7-9-23)11-13-14(18)4-3-5-15(13)19/h3-5,10H,2,6-9,11H2,1H3,(H,20,21). The largest absolute Gasteiger partial charge is 0.335 e. The van der Waals surface area contributed by atoms with E-state index in [1.807, 2.05) is 6.92 Å². The third-order valence-electron chi connectivity index (χ3n) is 4.33. The molecule has 5 nitrogen and oxygen atoms in total. The molecule has 3 rings (SSSR count). The molecule has 24 heavy (non-hydrogen) atoms. The molecule has 1 aromatic carbocycles. The molecule has 0 saturated carbocycles. The van der Waals surface area contributed by atoms with Crippen LogP contribution in [0.25, 0.3) is 0 Å². The second-order valence-electron chi connectivity index (χ2n) is 5.90. The van der Waals surface area contributed by atoms with Gasteiger partial charge in [-0.05, 0) is 24.6 Å². The summed E-state index contributed by atoms with van der Waals surface area (Å²) >= 11 is 6.08. The van der Waals surface area contributed by atoms with Crippen LogP contribution in [-0.4, -0.2) is 52.1 Å². The summed E-state index contributed by atoms with van der Waals surface area (Å²) in [6, 6.07) is 6.52. The number of amides is 1. The number of halogens is 2. The summed E-state index contributed by atoms with van der Waals surface area (Å²) < 4.78 is 13.9. The SMILES string of the molecule is CCc1cc(C(=O)N2CCN(Cc3c(F)cccc3Cl)CC2)n[nH]1. The molecule has 0 atom stereocenters. The van der Waals surface area contributed by atoms with Crippen LogP contribution in [0.3, 0.4) is 0 Å². The van der Waals surface area contributed by atoms with Crippen LogP contribution in [0.5, 0.6) is 0 Å². The summed E-state index contributed by atoms with van der Waals surface area (Å²) in [5, 5.41) is 7.38. The Morgan fingerprint density at radius 2 is 2.08 bits per heavy atom. The zero-order chi connectivity index (χ0) is 17.1. The molecule has 1 amide bonds. The molecule has 0 spiro atoms. The molecule has 1 aliphatic rings. The van der Waals surface area contributed by atoms with Crippen molar-refractivity contribution in [2.24, 2.45) is 0 Å². The van der Waals surface area contributed by atoms with Crippen molar-refractivity contribution in [1.29, 1.82) is 0 Å². The lowest BCUT2D eigenvalue weighted by Gasteiger charge is -2.34. The number of benzene rings is 1. The lowest BCUT2D eigenvalue weighted by molar-refractivity contribution is 0.0621. The number of nitrogens with one attached hydrogen (secondary N) is 1. The normalized spacial score (nSPS) is 15.7. The highest BCUT2D eigenvalue weighted by Gasteiger charge is 2.24. The molecule has 0 aliphatic carbocycles. The second kappa shape index (κ2) is 7.32. The summed E-state index contributed by atoms with van der Waals surface area (Å²) in [7, 11) is 0. The van der Waals surface area contributed by atoms with E-state index in [0.717, 1.165) is 12.1 Å². The van der Waals surface area contributed by atoms with E-state index < -0.39 is 0 Å². The van der Waals surface area contributed by atoms with E-state index in [-0.39, 0.29) is 11.7 Å². The van der Waals surface area contributed by atoms with E-state index in [1.165, 1.54) is 6.07 Å². The van der Waals surface area contributed by atoms with Crippen molar-refractivity contribution in [2.45, 2.75) is 19.9 Å². The Hall–Kier alpha value is -1.92. The minimum Gasteiger partial charge on any atom is -0.335 e. The number of hydrogen-bond donors (Lipinski definition) is 1. The first-order valence-corrected chi connectivity index (χ1v) is 8.45. The monoisotopic (exact) mass is 350 g/mol. The Labute approximate surface area is 145 Å². The van der Waals surface area contributed by atoms with Crippen molar-refractivity contribution in [3.63, 3.8) is 0 Å². The number of hydrogen-bond acceptors (Lipinski definition) is 3. The molecule has 1 aliphatic heterocycles. The highest BCUT2D eigenvalue weighted by atomic mass is 35.5. The quantitative estimate of drug-likeness (QED) is 0.922. The molecule has 0 bridgehead atoms. The highest BCUT2D eigenvalue weighted by Crippen LogP contribution is 2.21. The Balaban J connectivity index is 1.58. The van der Waals surface area contributed by atoms with Crippen LogP contribution in [0.1, 0.15) is 28.7 Å². The van der Waals surface area contributed by atoms with Gasteiger partial charge in [0, 0.05) is 49.0 Å². The second-order valence-corrected chi connectivity index (χ2v) is 6.31. The molecule has 2 aromatic rings. The fourth-order valence-corrected chi connectivity index (χ4v) is 3.05. The van der Waals surface area contributed by atoms with Crippen molar-refractivity contribution >= 4 is 17.5 Å². The maximum absolute atomic E-state index is 13.9. The fourth-order valence-electron chi connectivity index (χ4n) is 2.83. The van der Waals surface area contributed by atoms with Crippen molar-refractivity contribution in [2.75, 3.05) is 26.2 Å². The van der Waals surface area contributed by atoms with Gasteiger partial charge >= 0.3 is 0 Å². The molecule has 0 radical (unpaired) electrons. The van der Waals surface area contributed by atoms with E-state index in [2.05, 4.69) is 15.1 Å². The Morgan fingerprint density at radius 3 is 2.71 bits per heavy atom. The van der Waals surface area contributed by atoms with Gasteiger partial charge in [0.05, 0.1) is 0 Å². The average Bonchev–Trinajstić information content (AvgIpc) is 3.07. The van der Waals surface area contributed by atoms with Crippen molar-refractivity contribution in [3.05, 3.63) is 52.1 Å². The highest BCUT2D eigenvalue weighted by molar-refractivity contribution is 6.31. The topological polar surface area (TPSA) is 52.2 Å².